The van der Waals surface area contributed by atoms with E-state index in [1.54, 1.807) is 0 Å². The first-order valence-corrected chi connectivity index (χ1v) is 8.69. The largest absolute Gasteiger partial charge is 0.327 e. The first-order valence-electron chi connectivity index (χ1n) is 7.89. The fourth-order valence-corrected chi connectivity index (χ4v) is 4.23. The first-order chi connectivity index (χ1) is 9.43. The lowest BCUT2D eigenvalue weighted by Crippen LogP contribution is -2.38. The third-order valence-corrected chi connectivity index (χ3v) is 5.90. The van der Waals surface area contributed by atoms with Crippen molar-refractivity contribution in [3.8, 4) is 0 Å². The molecule has 1 saturated carbocycles. The van der Waals surface area contributed by atoms with Crippen LogP contribution in [0.1, 0.15) is 51.4 Å². The van der Waals surface area contributed by atoms with Gasteiger partial charge in [0.25, 0.3) is 0 Å². The smallest absolute Gasteiger partial charge is 0.0766 e. The molecule has 0 amide bonds. The van der Waals surface area contributed by atoms with E-state index in [0.717, 1.165) is 30.4 Å². The summed E-state index contributed by atoms with van der Waals surface area (Å²) in [5.74, 6) is 2.19. The maximum absolute atomic E-state index is 6.38. The van der Waals surface area contributed by atoms with E-state index in [4.69, 9.17) is 5.73 Å². The molecule has 1 aromatic rings. The number of halogens is 1. The Hall–Kier alpha value is -0.350. The second-order valence-corrected chi connectivity index (χ2v) is 7.42. The van der Waals surface area contributed by atoms with Gasteiger partial charge < -0.3 is 5.73 Å². The molecule has 1 aliphatic carbocycles. The molecule has 114 valence electrons. The molecule has 0 bridgehead atoms. The summed E-state index contributed by atoms with van der Waals surface area (Å²) in [5, 5.41) is 4.60. The number of nitrogens with zero attached hydrogens (tertiary/aromatic N) is 2. The van der Waals surface area contributed by atoms with Gasteiger partial charge >= 0.3 is 0 Å². The Bertz CT molecular complexity index is 453. The fraction of sp³-hybridized carbons (Fsp3) is 0.812. The molecule has 20 heavy (non-hydrogen) atoms. The molecule has 3 unspecified atom stereocenters. The zero-order valence-electron chi connectivity index (χ0n) is 13.2. The third kappa shape index (κ3) is 3.28. The van der Waals surface area contributed by atoms with E-state index in [1.165, 1.54) is 29.4 Å². The van der Waals surface area contributed by atoms with Gasteiger partial charge in [0.2, 0.25) is 0 Å². The van der Waals surface area contributed by atoms with Crippen molar-refractivity contribution < 1.29 is 0 Å². The Kier molecular flexibility index (Phi) is 5.30. The molecule has 0 aliphatic heterocycles. The van der Waals surface area contributed by atoms with Gasteiger partial charge in [0.05, 0.1) is 15.9 Å². The van der Waals surface area contributed by atoms with Crippen LogP contribution in [0.3, 0.4) is 0 Å². The average Bonchev–Trinajstić information content (AvgIpc) is 2.68. The van der Waals surface area contributed by atoms with Gasteiger partial charge in [-0.3, -0.25) is 4.68 Å². The summed E-state index contributed by atoms with van der Waals surface area (Å²) in [6.07, 6.45) is 5.75. The summed E-state index contributed by atoms with van der Waals surface area (Å²) in [6.45, 7) is 6.83. The van der Waals surface area contributed by atoms with Crippen molar-refractivity contribution in [3.63, 3.8) is 0 Å². The van der Waals surface area contributed by atoms with Crippen LogP contribution >= 0.6 is 15.9 Å². The second kappa shape index (κ2) is 6.61. The Morgan fingerprint density at radius 1 is 1.40 bits per heavy atom. The van der Waals surface area contributed by atoms with Crippen LogP contribution in [0.4, 0.5) is 0 Å². The van der Waals surface area contributed by atoms with Crippen LogP contribution in [-0.4, -0.2) is 15.8 Å². The summed E-state index contributed by atoms with van der Waals surface area (Å²) in [4.78, 5) is 0. The number of rotatable bonds is 4. The predicted molar refractivity (Wildman–Crippen MR) is 87.6 cm³/mol. The molecule has 0 spiro atoms. The van der Waals surface area contributed by atoms with Gasteiger partial charge in [-0.2, -0.15) is 5.10 Å². The quantitative estimate of drug-likeness (QED) is 0.907. The number of aryl methyl sites for hydroxylation is 2. The predicted octanol–water partition coefficient (Wildman–Crippen LogP) is 3.69. The van der Waals surface area contributed by atoms with Crippen LogP contribution in [0.15, 0.2) is 4.47 Å². The van der Waals surface area contributed by atoms with E-state index >= 15 is 0 Å². The Labute approximate surface area is 131 Å². The molecular formula is C16H28BrN3. The minimum absolute atomic E-state index is 0.344. The molecular weight excluding hydrogens is 314 g/mol. The first kappa shape index (κ1) is 16.0. The number of hydrogen-bond donors (Lipinski definition) is 1. The van der Waals surface area contributed by atoms with E-state index < -0.39 is 0 Å². The van der Waals surface area contributed by atoms with Gasteiger partial charge in [-0.25, -0.2) is 0 Å². The lowest BCUT2D eigenvalue weighted by atomic mass is 9.72. The average molecular weight is 342 g/mol. The zero-order chi connectivity index (χ0) is 14.9. The van der Waals surface area contributed by atoms with Crippen LogP contribution in [0.25, 0.3) is 0 Å². The number of hydrogen-bond acceptors (Lipinski definition) is 2. The van der Waals surface area contributed by atoms with E-state index in [9.17, 15) is 0 Å². The monoisotopic (exact) mass is 341 g/mol. The van der Waals surface area contributed by atoms with Crippen LogP contribution in [0.2, 0.25) is 0 Å². The Morgan fingerprint density at radius 2 is 2.10 bits per heavy atom. The zero-order valence-corrected chi connectivity index (χ0v) is 14.8. The third-order valence-electron chi connectivity index (χ3n) is 4.98. The minimum atomic E-state index is 0.344. The van der Waals surface area contributed by atoms with Gasteiger partial charge in [0, 0.05) is 13.1 Å². The van der Waals surface area contributed by atoms with Gasteiger partial charge in [-0.15, -0.1) is 0 Å². The SMILES string of the molecule is CCc1nn(C)c(CC2CC(C(C)C)CCC2N)c1Br. The molecule has 3 nitrogen and oxygen atoms in total. The standard InChI is InChI=1S/C16H28BrN3/c1-5-14-16(17)15(20(4)19-14)9-12-8-11(10(2)3)6-7-13(12)18/h10-13H,5-9,18H2,1-4H3. The summed E-state index contributed by atoms with van der Waals surface area (Å²) < 4.78 is 3.23. The Balaban J connectivity index is 2.13. The van der Waals surface area contributed by atoms with Crippen molar-refractivity contribution >= 4 is 15.9 Å². The molecule has 1 fully saturated rings. The van der Waals surface area contributed by atoms with Crippen LogP contribution in [-0.2, 0) is 19.9 Å². The molecule has 1 heterocycles. The topological polar surface area (TPSA) is 43.8 Å². The Morgan fingerprint density at radius 3 is 2.65 bits per heavy atom. The molecule has 3 atom stereocenters. The van der Waals surface area contributed by atoms with E-state index in [0.29, 0.717) is 12.0 Å². The molecule has 4 heteroatoms. The van der Waals surface area contributed by atoms with Gasteiger partial charge in [0.1, 0.15) is 0 Å². The van der Waals surface area contributed by atoms with Gasteiger partial charge in [-0.1, -0.05) is 20.8 Å². The highest BCUT2D eigenvalue weighted by atomic mass is 79.9. The van der Waals surface area contributed by atoms with E-state index in [2.05, 4.69) is 41.8 Å². The lowest BCUT2D eigenvalue weighted by molar-refractivity contribution is 0.187. The highest BCUT2D eigenvalue weighted by Gasteiger charge is 2.31. The normalized spacial score (nSPS) is 27.2. The summed E-state index contributed by atoms with van der Waals surface area (Å²) >= 11 is 3.73. The van der Waals surface area contributed by atoms with Crippen molar-refractivity contribution in [2.24, 2.45) is 30.5 Å². The van der Waals surface area contributed by atoms with Crippen molar-refractivity contribution in [3.05, 3.63) is 15.9 Å². The van der Waals surface area contributed by atoms with Crippen molar-refractivity contribution in [2.45, 2.75) is 58.9 Å². The maximum atomic E-state index is 6.38. The van der Waals surface area contributed by atoms with E-state index in [1.807, 2.05) is 11.7 Å². The highest BCUT2D eigenvalue weighted by molar-refractivity contribution is 9.10. The molecule has 2 rings (SSSR count). The van der Waals surface area contributed by atoms with Crippen molar-refractivity contribution in [1.29, 1.82) is 0 Å². The van der Waals surface area contributed by atoms with Crippen LogP contribution in [0.5, 0.6) is 0 Å². The number of aromatic nitrogens is 2. The molecule has 1 aliphatic rings. The molecule has 0 saturated heterocycles. The molecule has 0 aromatic carbocycles. The number of nitrogens with two attached hydrogens (primary N) is 1. The van der Waals surface area contributed by atoms with Crippen LogP contribution < -0.4 is 5.73 Å². The molecule has 0 radical (unpaired) electrons. The van der Waals surface area contributed by atoms with Crippen molar-refractivity contribution in [2.75, 3.05) is 0 Å². The molecule has 2 N–H and O–H groups in total. The minimum Gasteiger partial charge on any atom is -0.327 e. The summed E-state index contributed by atoms with van der Waals surface area (Å²) in [7, 11) is 2.05. The molecule has 1 aromatic heterocycles. The van der Waals surface area contributed by atoms with Gasteiger partial charge in [0.15, 0.2) is 0 Å². The van der Waals surface area contributed by atoms with Crippen molar-refractivity contribution in [1.82, 2.24) is 9.78 Å². The lowest BCUT2D eigenvalue weighted by Gasteiger charge is -2.36. The maximum Gasteiger partial charge on any atom is 0.0766 e. The second-order valence-electron chi connectivity index (χ2n) is 6.63. The van der Waals surface area contributed by atoms with Gasteiger partial charge in [-0.05, 0) is 65.8 Å². The van der Waals surface area contributed by atoms with E-state index in [-0.39, 0.29) is 0 Å². The summed E-state index contributed by atoms with van der Waals surface area (Å²) in [6, 6.07) is 0.344. The van der Waals surface area contributed by atoms with Crippen LogP contribution in [0, 0.1) is 17.8 Å². The summed E-state index contributed by atoms with van der Waals surface area (Å²) in [5.41, 5.74) is 8.85. The highest BCUT2D eigenvalue weighted by Crippen LogP contribution is 2.36. The fourth-order valence-electron chi connectivity index (χ4n) is 3.45.